The average Bonchev–Trinajstić information content (AvgIpc) is 2.46. The Balaban J connectivity index is 2.37. The molecule has 0 fully saturated rings. The van der Waals surface area contributed by atoms with Crippen molar-refractivity contribution in [3.63, 3.8) is 0 Å². The van der Waals surface area contributed by atoms with E-state index in [0.29, 0.717) is 6.42 Å². The van der Waals surface area contributed by atoms with Crippen LogP contribution in [0.1, 0.15) is 30.4 Å². The Morgan fingerprint density at radius 1 is 1.05 bits per heavy atom. The zero-order valence-corrected chi connectivity index (χ0v) is 12.3. The van der Waals surface area contributed by atoms with Crippen molar-refractivity contribution in [1.29, 1.82) is 0 Å². The van der Waals surface area contributed by atoms with Crippen LogP contribution in [0.25, 0.3) is 0 Å². The minimum absolute atomic E-state index is 0.213. The Hall–Kier alpha value is -1.61. The topological polar surface area (TPSA) is 32.6 Å². The van der Waals surface area contributed by atoms with E-state index in [1.807, 2.05) is 37.3 Å². The quantitative estimate of drug-likeness (QED) is 0.489. The predicted molar refractivity (Wildman–Crippen MR) is 81.9 cm³/mol. The van der Waals surface area contributed by atoms with Gasteiger partial charge in [0, 0.05) is 10.4 Å². The third-order valence-corrected chi connectivity index (χ3v) is 3.67. The van der Waals surface area contributed by atoms with Crippen LogP contribution in [0, 0.1) is 0 Å². The molecule has 0 aromatic heterocycles. The molecule has 2 aromatic carbocycles. The summed E-state index contributed by atoms with van der Waals surface area (Å²) in [6.45, 7) is 1.84. The highest BCUT2D eigenvalue weighted by atomic mass is 79.9. The zero-order chi connectivity index (χ0) is 13.7. The highest BCUT2D eigenvalue weighted by Gasteiger charge is 2.15. The first-order valence-electron chi connectivity index (χ1n) is 6.18. The molecule has 0 aliphatic carbocycles. The Morgan fingerprint density at radius 2 is 1.63 bits per heavy atom. The summed E-state index contributed by atoms with van der Waals surface area (Å²) in [5.74, 6) is 0.213. The van der Waals surface area contributed by atoms with E-state index in [9.17, 15) is 0 Å². The van der Waals surface area contributed by atoms with Crippen LogP contribution in [0.4, 0.5) is 0 Å². The van der Waals surface area contributed by atoms with Crippen LogP contribution in [-0.2, 0) is 0 Å². The highest BCUT2D eigenvalue weighted by molar-refractivity contribution is 9.10. The van der Waals surface area contributed by atoms with Gasteiger partial charge in [0.25, 0.3) is 0 Å². The molecule has 2 rings (SSSR count). The summed E-state index contributed by atoms with van der Waals surface area (Å²) < 4.78 is 1.07. The van der Waals surface area contributed by atoms with Gasteiger partial charge in [-0.15, -0.1) is 0 Å². The van der Waals surface area contributed by atoms with Crippen molar-refractivity contribution >= 4 is 21.6 Å². The first kappa shape index (κ1) is 13.8. The van der Waals surface area contributed by atoms with Crippen molar-refractivity contribution in [3.05, 3.63) is 70.2 Å². The van der Waals surface area contributed by atoms with Crippen molar-refractivity contribution in [2.45, 2.75) is 19.3 Å². The molecule has 1 N–H and O–H groups in total. The van der Waals surface area contributed by atoms with Crippen LogP contribution in [0.2, 0.25) is 0 Å². The van der Waals surface area contributed by atoms with Crippen LogP contribution in [0.15, 0.2) is 64.2 Å². The fourth-order valence-electron chi connectivity index (χ4n) is 2.14. The minimum atomic E-state index is 0.213. The summed E-state index contributed by atoms with van der Waals surface area (Å²) in [4.78, 5) is 0. The normalized spacial score (nSPS) is 13.3. The summed E-state index contributed by atoms with van der Waals surface area (Å²) in [6, 6.07) is 18.6. The van der Waals surface area contributed by atoms with Gasteiger partial charge in [-0.25, -0.2) is 0 Å². The van der Waals surface area contributed by atoms with Crippen molar-refractivity contribution in [2.24, 2.45) is 5.16 Å². The van der Waals surface area contributed by atoms with Gasteiger partial charge in [0.05, 0.1) is 5.71 Å². The molecule has 0 bridgehead atoms. The lowest BCUT2D eigenvalue weighted by molar-refractivity contribution is 0.317. The fraction of sp³-hybridized carbons (Fsp3) is 0.188. The van der Waals surface area contributed by atoms with Crippen molar-refractivity contribution in [2.75, 3.05) is 0 Å². The second-order valence-electron chi connectivity index (χ2n) is 4.55. The van der Waals surface area contributed by atoms with Gasteiger partial charge in [-0.05, 0) is 36.6 Å². The third-order valence-electron chi connectivity index (χ3n) is 3.14. The molecule has 1 atom stereocenters. The van der Waals surface area contributed by atoms with Crippen LogP contribution >= 0.6 is 15.9 Å². The predicted octanol–water partition coefficient (Wildman–Crippen LogP) is 4.82. The summed E-state index contributed by atoms with van der Waals surface area (Å²) >= 11 is 3.45. The smallest absolute Gasteiger partial charge is 0.0549 e. The summed E-state index contributed by atoms with van der Waals surface area (Å²) in [7, 11) is 0. The van der Waals surface area contributed by atoms with Crippen molar-refractivity contribution in [3.8, 4) is 0 Å². The molecule has 0 amide bonds. The summed E-state index contributed by atoms with van der Waals surface area (Å²) in [6.07, 6.45) is 0.710. The number of hydrogen-bond donors (Lipinski definition) is 1. The zero-order valence-electron chi connectivity index (χ0n) is 10.8. The number of nitrogens with zero attached hydrogens (tertiary/aromatic N) is 1. The van der Waals surface area contributed by atoms with Gasteiger partial charge in [0.2, 0.25) is 0 Å². The molecule has 0 radical (unpaired) electrons. The van der Waals surface area contributed by atoms with E-state index in [0.717, 1.165) is 10.2 Å². The van der Waals surface area contributed by atoms with Crippen LogP contribution in [0.5, 0.6) is 0 Å². The number of oxime groups is 1. The molecule has 0 spiro atoms. The maximum absolute atomic E-state index is 8.90. The standard InChI is InChI=1S/C16H16BrNO/c1-12(18-19)11-16(13-5-3-2-4-6-13)14-7-9-15(17)10-8-14/h2-10,16,19H,11H2,1H3. The second-order valence-corrected chi connectivity index (χ2v) is 5.47. The fourth-order valence-corrected chi connectivity index (χ4v) is 2.41. The van der Waals surface area contributed by atoms with E-state index in [-0.39, 0.29) is 5.92 Å². The molecule has 2 nitrogen and oxygen atoms in total. The third kappa shape index (κ3) is 3.67. The highest BCUT2D eigenvalue weighted by Crippen LogP contribution is 2.29. The number of hydrogen-bond acceptors (Lipinski definition) is 2. The van der Waals surface area contributed by atoms with Crippen LogP contribution < -0.4 is 0 Å². The number of halogens is 1. The molecular formula is C16H16BrNO. The van der Waals surface area contributed by atoms with Crippen molar-refractivity contribution < 1.29 is 5.21 Å². The van der Waals surface area contributed by atoms with Gasteiger partial charge in [-0.2, -0.15) is 0 Å². The van der Waals surface area contributed by atoms with Gasteiger partial charge < -0.3 is 5.21 Å². The first-order valence-corrected chi connectivity index (χ1v) is 6.98. The van der Waals surface area contributed by atoms with Crippen molar-refractivity contribution in [1.82, 2.24) is 0 Å². The van der Waals surface area contributed by atoms with E-state index >= 15 is 0 Å². The van der Waals surface area contributed by atoms with Crippen LogP contribution in [-0.4, -0.2) is 10.9 Å². The minimum Gasteiger partial charge on any atom is -0.411 e. The summed E-state index contributed by atoms with van der Waals surface area (Å²) in [5, 5.41) is 12.2. The summed E-state index contributed by atoms with van der Waals surface area (Å²) in [5.41, 5.74) is 3.18. The van der Waals surface area contributed by atoms with E-state index in [1.165, 1.54) is 11.1 Å². The lowest BCUT2D eigenvalue weighted by Crippen LogP contribution is -2.06. The Bertz CT molecular complexity index is 549. The van der Waals surface area contributed by atoms with Gasteiger partial charge in [-0.3, -0.25) is 0 Å². The first-order chi connectivity index (χ1) is 9.20. The molecule has 0 saturated heterocycles. The largest absolute Gasteiger partial charge is 0.411 e. The average molecular weight is 318 g/mol. The molecular weight excluding hydrogens is 302 g/mol. The molecule has 98 valence electrons. The molecule has 1 unspecified atom stereocenters. The Kier molecular flexibility index (Phi) is 4.74. The van der Waals surface area contributed by atoms with E-state index < -0.39 is 0 Å². The Morgan fingerprint density at radius 3 is 2.21 bits per heavy atom. The van der Waals surface area contributed by atoms with Gasteiger partial charge in [0.1, 0.15) is 0 Å². The molecule has 0 aliphatic heterocycles. The van der Waals surface area contributed by atoms with Gasteiger partial charge in [0.15, 0.2) is 0 Å². The van der Waals surface area contributed by atoms with E-state index in [1.54, 1.807) is 0 Å². The molecule has 19 heavy (non-hydrogen) atoms. The van der Waals surface area contributed by atoms with Crippen LogP contribution in [0.3, 0.4) is 0 Å². The molecule has 2 aromatic rings. The lowest BCUT2D eigenvalue weighted by Gasteiger charge is -2.17. The number of rotatable bonds is 4. The molecule has 0 aliphatic rings. The van der Waals surface area contributed by atoms with E-state index in [2.05, 4.69) is 45.4 Å². The SMILES string of the molecule is CC(CC(c1ccccc1)c1ccc(Br)cc1)=NO. The van der Waals surface area contributed by atoms with Gasteiger partial charge >= 0.3 is 0 Å². The monoisotopic (exact) mass is 317 g/mol. The molecule has 3 heteroatoms. The maximum atomic E-state index is 8.90. The Labute approximate surface area is 121 Å². The number of benzene rings is 2. The molecule has 0 heterocycles. The van der Waals surface area contributed by atoms with Gasteiger partial charge in [-0.1, -0.05) is 63.6 Å². The van der Waals surface area contributed by atoms with E-state index in [4.69, 9.17) is 5.21 Å². The molecule has 0 saturated carbocycles. The lowest BCUT2D eigenvalue weighted by atomic mass is 9.87. The maximum Gasteiger partial charge on any atom is 0.0549 e. The second kappa shape index (κ2) is 6.53.